The molecule has 0 radical (unpaired) electrons. The van der Waals surface area contributed by atoms with Crippen LogP contribution in [0.2, 0.25) is 0 Å². The number of aryl methyl sites for hydroxylation is 1. The number of fused-ring (bicyclic) bond motifs is 3. The Balaban J connectivity index is 0.00000157. The van der Waals surface area contributed by atoms with Crippen molar-refractivity contribution in [2.24, 2.45) is 7.05 Å². The predicted octanol–water partition coefficient (Wildman–Crippen LogP) is -0.284. The fraction of sp³-hybridized carbons (Fsp3) is 0.211. The van der Waals surface area contributed by atoms with Crippen molar-refractivity contribution in [3.63, 3.8) is 0 Å². The molecule has 2 aliphatic heterocycles. The van der Waals surface area contributed by atoms with Crippen LogP contribution in [0.25, 0.3) is 10.8 Å². The standard InChI is InChI=1S/C19H16NO4.HI/c1-20-5-4-13-8-18-19(24-11-23-18)9-14(13)15(20)6-12-2-3-16-17(7-12)22-10-21-16;/h2-5,7-9H,6,10-11H2,1H3;1H/q+1;/p-1. The van der Waals surface area contributed by atoms with Crippen molar-refractivity contribution in [3.05, 3.63) is 53.9 Å². The molecule has 3 aromatic rings. The summed E-state index contributed by atoms with van der Waals surface area (Å²) in [6.07, 6.45) is 2.87. The van der Waals surface area contributed by atoms with Crippen molar-refractivity contribution in [2.75, 3.05) is 13.6 Å². The molecule has 0 amide bonds. The third kappa shape index (κ3) is 2.74. The minimum absolute atomic E-state index is 0. The van der Waals surface area contributed by atoms with Gasteiger partial charge in [0, 0.05) is 6.07 Å². The Labute approximate surface area is 162 Å². The second kappa shape index (κ2) is 6.25. The molecule has 0 aliphatic carbocycles. The van der Waals surface area contributed by atoms with Crippen molar-refractivity contribution < 1.29 is 47.5 Å². The number of pyridine rings is 1. The highest BCUT2D eigenvalue weighted by atomic mass is 127. The molecule has 2 aliphatic rings. The first-order chi connectivity index (χ1) is 11.8. The molecular weight excluding hydrogens is 433 g/mol. The van der Waals surface area contributed by atoms with E-state index in [-0.39, 0.29) is 30.8 Å². The number of benzene rings is 2. The lowest BCUT2D eigenvalue weighted by Gasteiger charge is -2.07. The first-order valence-corrected chi connectivity index (χ1v) is 7.87. The smallest absolute Gasteiger partial charge is 0.231 e. The fourth-order valence-electron chi connectivity index (χ4n) is 3.28. The zero-order valence-electron chi connectivity index (χ0n) is 13.6. The Morgan fingerprint density at radius 2 is 1.52 bits per heavy atom. The van der Waals surface area contributed by atoms with Gasteiger partial charge in [-0.1, -0.05) is 6.07 Å². The maximum Gasteiger partial charge on any atom is 0.231 e. The van der Waals surface area contributed by atoms with Crippen molar-refractivity contribution in [1.82, 2.24) is 0 Å². The summed E-state index contributed by atoms with van der Waals surface area (Å²) in [7, 11) is 2.06. The Hall–Kier alpha value is -2.22. The number of ether oxygens (including phenoxy) is 4. The number of aromatic nitrogens is 1. The Morgan fingerprint density at radius 1 is 0.840 bits per heavy atom. The van der Waals surface area contributed by atoms with Crippen LogP contribution in [-0.2, 0) is 13.5 Å². The van der Waals surface area contributed by atoms with Gasteiger partial charge in [-0.15, -0.1) is 0 Å². The third-order valence-corrected chi connectivity index (χ3v) is 4.57. The van der Waals surface area contributed by atoms with Gasteiger partial charge >= 0.3 is 0 Å². The molecule has 5 nitrogen and oxygen atoms in total. The molecule has 25 heavy (non-hydrogen) atoms. The summed E-state index contributed by atoms with van der Waals surface area (Å²) >= 11 is 0. The van der Waals surface area contributed by atoms with E-state index in [2.05, 4.69) is 36.0 Å². The molecule has 6 heteroatoms. The summed E-state index contributed by atoms with van der Waals surface area (Å²) in [5.41, 5.74) is 2.39. The normalized spacial score (nSPS) is 13.8. The molecular formula is C19H16INO4. The number of rotatable bonds is 2. The highest BCUT2D eigenvalue weighted by Crippen LogP contribution is 2.37. The maximum absolute atomic E-state index is 5.54. The van der Waals surface area contributed by atoms with E-state index in [1.54, 1.807) is 0 Å². The van der Waals surface area contributed by atoms with Crippen molar-refractivity contribution in [2.45, 2.75) is 6.42 Å². The first kappa shape index (κ1) is 16.3. The summed E-state index contributed by atoms with van der Waals surface area (Å²) in [4.78, 5) is 0. The van der Waals surface area contributed by atoms with Gasteiger partial charge in [0.05, 0.1) is 11.8 Å². The van der Waals surface area contributed by atoms with E-state index >= 15 is 0 Å². The van der Waals surface area contributed by atoms with Crippen LogP contribution in [0.3, 0.4) is 0 Å². The van der Waals surface area contributed by atoms with Crippen LogP contribution in [0, 0.1) is 0 Å². The fourth-order valence-corrected chi connectivity index (χ4v) is 3.28. The number of halogens is 1. The lowest BCUT2D eigenvalue weighted by Crippen LogP contribution is -3.00. The molecule has 0 atom stereocenters. The van der Waals surface area contributed by atoms with Crippen LogP contribution in [0.1, 0.15) is 11.3 Å². The Morgan fingerprint density at radius 3 is 2.32 bits per heavy atom. The molecule has 0 N–H and O–H groups in total. The average molecular weight is 449 g/mol. The highest BCUT2D eigenvalue weighted by molar-refractivity contribution is 5.87. The van der Waals surface area contributed by atoms with Gasteiger partial charge in [0.1, 0.15) is 7.05 Å². The van der Waals surface area contributed by atoms with Crippen LogP contribution in [0.15, 0.2) is 42.6 Å². The molecule has 1 aromatic heterocycles. The van der Waals surface area contributed by atoms with Crippen molar-refractivity contribution in [1.29, 1.82) is 0 Å². The van der Waals surface area contributed by atoms with Gasteiger partial charge in [0.2, 0.25) is 13.6 Å². The number of nitrogens with zero attached hydrogens (tertiary/aromatic N) is 1. The predicted molar refractivity (Wildman–Crippen MR) is 86.6 cm³/mol. The molecule has 0 unspecified atom stereocenters. The zero-order valence-corrected chi connectivity index (χ0v) is 15.8. The Bertz CT molecular complexity index is 973. The average Bonchev–Trinajstić information content (AvgIpc) is 3.23. The molecule has 0 spiro atoms. The molecule has 128 valence electrons. The molecule has 0 saturated heterocycles. The zero-order chi connectivity index (χ0) is 16.1. The van der Waals surface area contributed by atoms with Gasteiger partial charge in [-0.05, 0) is 35.2 Å². The van der Waals surface area contributed by atoms with E-state index in [0.29, 0.717) is 6.79 Å². The van der Waals surface area contributed by atoms with E-state index in [1.807, 2.05) is 18.2 Å². The second-order valence-corrected chi connectivity index (χ2v) is 6.03. The van der Waals surface area contributed by atoms with Crippen LogP contribution in [0.5, 0.6) is 23.0 Å². The quantitative estimate of drug-likeness (QED) is 0.399. The molecule has 2 aromatic carbocycles. The lowest BCUT2D eigenvalue weighted by molar-refractivity contribution is -0.677. The Kier molecular flexibility index (Phi) is 4.07. The largest absolute Gasteiger partial charge is 1.00 e. The second-order valence-electron chi connectivity index (χ2n) is 6.03. The summed E-state index contributed by atoms with van der Waals surface area (Å²) < 4.78 is 24.1. The summed E-state index contributed by atoms with van der Waals surface area (Å²) in [6, 6.07) is 12.3. The molecule has 3 heterocycles. The van der Waals surface area contributed by atoms with Gasteiger partial charge in [-0.3, -0.25) is 0 Å². The van der Waals surface area contributed by atoms with Crippen LogP contribution in [-0.4, -0.2) is 13.6 Å². The minimum atomic E-state index is 0. The highest BCUT2D eigenvalue weighted by Gasteiger charge is 2.21. The van der Waals surface area contributed by atoms with Crippen LogP contribution in [0.4, 0.5) is 0 Å². The summed E-state index contributed by atoms with van der Waals surface area (Å²) in [6.45, 7) is 0.583. The first-order valence-electron chi connectivity index (χ1n) is 7.87. The van der Waals surface area contributed by atoms with Crippen LogP contribution < -0.4 is 47.5 Å². The van der Waals surface area contributed by atoms with Crippen LogP contribution >= 0.6 is 0 Å². The number of hydrogen-bond acceptors (Lipinski definition) is 4. The molecule has 0 bridgehead atoms. The molecule has 0 fully saturated rings. The monoisotopic (exact) mass is 449 g/mol. The van der Waals surface area contributed by atoms with Crippen molar-refractivity contribution >= 4 is 10.8 Å². The minimum Gasteiger partial charge on any atom is -1.00 e. The molecule has 5 rings (SSSR count). The summed E-state index contributed by atoms with van der Waals surface area (Å²) in [5.74, 6) is 3.24. The SMILES string of the molecule is C[n+]1ccc2cc3c(cc2c1Cc1ccc2c(c1)OCO2)OCO3.[I-]. The van der Waals surface area contributed by atoms with Gasteiger partial charge in [0.15, 0.2) is 34.9 Å². The van der Waals surface area contributed by atoms with E-state index < -0.39 is 0 Å². The van der Waals surface area contributed by atoms with Crippen molar-refractivity contribution in [3.8, 4) is 23.0 Å². The molecule has 0 saturated carbocycles. The summed E-state index contributed by atoms with van der Waals surface area (Å²) in [5, 5.41) is 2.31. The van der Waals surface area contributed by atoms with E-state index in [0.717, 1.165) is 34.8 Å². The van der Waals surface area contributed by atoms with Gasteiger partial charge in [0.25, 0.3) is 0 Å². The number of hydrogen-bond donors (Lipinski definition) is 0. The topological polar surface area (TPSA) is 40.8 Å². The van der Waals surface area contributed by atoms with E-state index in [1.165, 1.54) is 16.6 Å². The lowest BCUT2D eigenvalue weighted by atomic mass is 10.0. The third-order valence-electron chi connectivity index (χ3n) is 4.57. The van der Waals surface area contributed by atoms with Gasteiger partial charge < -0.3 is 42.9 Å². The maximum atomic E-state index is 5.54. The van der Waals surface area contributed by atoms with Gasteiger partial charge in [-0.25, -0.2) is 4.57 Å². The van der Waals surface area contributed by atoms with Gasteiger partial charge in [-0.2, -0.15) is 0 Å². The van der Waals surface area contributed by atoms with E-state index in [9.17, 15) is 0 Å². The van der Waals surface area contributed by atoms with E-state index in [4.69, 9.17) is 18.9 Å².